The first kappa shape index (κ1) is 54.9. The molecule has 3 aliphatic heterocycles. The number of amides is 10. The van der Waals surface area contributed by atoms with E-state index in [1.54, 1.807) is 41.5 Å². The summed E-state index contributed by atoms with van der Waals surface area (Å²) >= 11 is 0. The number of carbonyl (C=O) groups excluding carboxylic acids is 10. The van der Waals surface area contributed by atoms with Gasteiger partial charge in [0.1, 0.15) is 36.3 Å². The van der Waals surface area contributed by atoms with Gasteiger partial charge in [-0.1, -0.05) is 13.8 Å². The van der Waals surface area contributed by atoms with Gasteiger partial charge in [-0.15, -0.1) is 0 Å². The van der Waals surface area contributed by atoms with Gasteiger partial charge in [0.05, 0.1) is 37.9 Å². The molecule has 23 heteroatoms. The monoisotopic (exact) mass is 935 g/mol. The lowest BCUT2D eigenvalue weighted by molar-refractivity contribution is -0.152. The van der Waals surface area contributed by atoms with Crippen molar-refractivity contribution >= 4 is 59.1 Å². The molecule has 0 aromatic heterocycles. The van der Waals surface area contributed by atoms with Crippen LogP contribution in [0.5, 0.6) is 0 Å². The van der Waals surface area contributed by atoms with Gasteiger partial charge in [-0.3, -0.25) is 47.9 Å². The van der Waals surface area contributed by atoms with Crippen molar-refractivity contribution in [3.8, 4) is 0 Å². The smallest absolute Gasteiger partial charge is 0.245 e. The van der Waals surface area contributed by atoms with E-state index < -0.39 is 139 Å². The first-order valence-electron chi connectivity index (χ1n) is 22.7. The van der Waals surface area contributed by atoms with E-state index in [2.05, 4.69) is 21.3 Å². The molecular weight excluding hydrogens is 861 g/mol. The summed E-state index contributed by atoms with van der Waals surface area (Å²) in [6.07, 6.45) is 2.05. The number of nitrogens with two attached hydrogens (primary N) is 2. The number of likely N-dealkylation sites (N-methyl/N-ethyl adjacent to an activating group) is 4. The molecule has 0 aromatic rings. The fraction of sp³-hybridized carbons (Fsp3) is 0.767. The van der Waals surface area contributed by atoms with Crippen LogP contribution in [0.4, 0.5) is 0 Å². The molecule has 3 aliphatic rings. The maximum absolute atomic E-state index is 13.9. The first-order valence-corrected chi connectivity index (χ1v) is 22.7. The van der Waals surface area contributed by atoms with Crippen LogP contribution in [0.3, 0.4) is 0 Å². The molecule has 3 heterocycles. The SMILES string of the molecule is CC(C)[C@H]1C(=O)NC[C@@H](N)C(=O)N2CCCC[C@H]2C(=O)NCC(=O)N(C)CC(=O)N(C)[C@@H]([C@@H](C)OC(C)(C)C)C(=O)NC[C@@H](N)C(=O)N2CCCC[C@H]2C(=O)NCC(=O)N(C)CC(=O)N1C. The maximum Gasteiger partial charge on any atom is 0.245 e. The summed E-state index contributed by atoms with van der Waals surface area (Å²) in [6.45, 7) is 8.08. The number of hydrogen-bond donors (Lipinski definition) is 6. The van der Waals surface area contributed by atoms with Crippen LogP contribution in [0.25, 0.3) is 0 Å². The maximum atomic E-state index is 13.9. The summed E-state index contributed by atoms with van der Waals surface area (Å²) in [6, 6.07) is -6.81. The third kappa shape index (κ3) is 15.1. The standard InChI is InChI=1S/C43H74N12O11/c1-25(2)35-39(62)46-19-27(44)41(64)54-17-13-11-15-29(54)37(60)49-22-32(57)51(8)24-34(59)53(10)36(26(3)66-43(4,5)6)40(63)47-20-28(45)42(65)55-18-14-12-16-30(55)38(61)48-21-31(56)50(7)23-33(58)52(35)9/h25-30,35-36H,11-24,44-45H2,1-10H3,(H,46,62)(H,47,63)(H,48,61)(H,49,60)/t26-,27-,28-,29+,30+,35+,36+/m1/s1. The lowest BCUT2D eigenvalue weighted by Crippen LogP contribution is -2.61. The molecule has 10 amide bonds. The summed E-state index contributed by atoms with van der Waals surface area (Å²) in [5.41, 5.74) is 11.9. The van der Waals surface area contributed by atoms with Gasteiger partial charge in [-0.25, -0.2) is 0 Å². The third-order valence-corrected chi connectivity index (χ3v) is 12.0. The highest BCUT2D eigenvalue weighted by atomic mass is 16.5. The fourth-order valence-corrected chi connectivity index (χ4v) is 8.37. The lowest BCUT2D eigenvalue weighted by atomic mass is 9.99. The van der Waals surface area contributed by atoms with Crippen molar-refractivity contribution < 1.29 is 52.7 Å². The van der Waals surface area contributed by atoms with Gasteiger partial charge >= 0.3 is 0 Å². The van der Waals surface area contributed by atoms with Crippen molar-refractivity contribution in [1.82, 2.24) is 50.7 Å². The molecular formula is C43H74N12O11. The number of rotatable bonds is 3. The van der Waals surface area contributed by atoms with Gasteiger partial charge in [0.15, 0.2) is 0 Å². The van der Waals surface area contributed by atoms with E-state index in [-0.39, 0.29) is 39.0 Å². The summed E-state index contributed by atoms with van der Waals surface area (Å²) in [4.78, 5) is 143. The van der Waals surface area contributed by atoms with E-state index in [1.165, 1.54) is 42.9 Å². The molecule has 0 radical (unpaired) electrons. The molecule has 8 N–H and O–H groups in total. The number of hydrogen-bond acceptors (Lipinski definition) is 13. The minimum atomic E-state index is -1.31. The van der Waals surface area contributed by atoms with E-state index in [4.69, 9.17) is 16.2 Å². The molecule has 66 heavy (non-hydrogen) atoms. The second-order valence-corrected chi connectivity index (χ2v) is 18.8. The van der Waals surface area contributed by atoms with Gasteiger partial charge in [0.25, 0.3) is 0 Å². The zero-order valence-electron chi connectivity index (χ0n) is 40.3. The van der Waals surface area contributed by atoms with Crippen LogP contribution in [0.15, 0.2) is 0 Å². The third-order valence-electron chi connectivity index (χ3n) is 12.0. The second-order valence-electron chi connectivity index (χ2n) is 18.8. The minimum absolute atomic E-state index is 0.186. The minimum Gasteiger partial charge on any atom is -0.370 e. The Morgan fingerprint density at radius 1 is 0.545 bits per heavy atom. The summed E-state index contributed by atoms with van der Waals surface area (Å²) in [5.74, 6) is -6.67. The van der Waals surface area contributed by atoms with Crippen molar-refractivity contribution in [3.05, 3.63) is 0 Å². The number of nitrogens with zero attached hydrogens (tertiary/aromatic N) is 6. The second kappa shape index (κ2) is 24.4. The molecule has 7 atom stereocenters. The number of nitrogens with one attached hydrogen (secondary N) is 4. The Morgan fingerprint density at radius 3 is 1.30 bits per heavy atom. The normalized spacial score (nSPS) is 27.6. The highest BCUT2D eigenvalue weighted by Gasteiger charge is 2.40. The van der Waals surface area contributed by atoms with E-state index in [0.29, 0.717) is 25.7 Å². The van der Waals surface area contributed by atoms with Crippen LogP contribution in [0.2, 0.25) is 0 Å². The molecule has 0 unspecified atom stereocenters. The van der Waals surface area contributed by atoms with Crippen molar-refractivity contribution in [2.24, 2.45) is 17.4 Å². The van der Waals surface area contributed by atoms with Gasteiger partial charge in [-0.05, 0) is 72.1 Å². The molecule has 23 nitrogen and oxygen atoms in total. The predicted octanol–water partition coefficient (Wildman–Crippen LogP) is -3.69. The Balaban J connectivity index is 1.92. The first-order chi connectivity index (χ1) is 30.8. The van der Waals surface area contributed by atoms with E-state index in [9.17, 15) is 47.9 Å². The van der Waals surface area contributed by atoms with E-state index >= 15 is 0 Å². The van der Waals surface area contributed by atoms with Gasteiger partial charge in [0.2, 0.25) is 59.1 Å². The largest absolute Gasteiger partial charge is 0.370 e. The Labute approximate surface area is 387 Å². The zero-order valence-corrected chi connectivity index (χ0v) is 40.3. The average molecular weight is 935 g/mol. The van der Waals surface area contributed by atoms with Crippen LogP contribution >= 0.6 is 0 Å². The van der Waals surface area contributed by atoms with Crippen LogP contribution in [0.1, 0.15) is 80.1 Å². The Hall–Kier alpha value is -5.42. The highest BCUT2D eigenvalue weighted by Crippen LogP contribution is 2.21. The number of piperidine rings is 2. The molecule has 372 valence electrons. The molecule has 0 spiro atoms. The van der Waals surface area contributed by atoms with Gasteiger partial charge < -0.3 is 66.9 Å². The quantitative estimate of drug-likeness (QED) is 0.159. The number of carbonyl (C=O) groups is 10. The van der Waals surface area contributed by atoms with Crippen molar-refractivity contribution in [3.63, 3.8) is 0 Å². The van der Waals surface area contributed by atoms with Crippen molar-refractivity contribution in [2.75, 3.05) is 80.5 Å². The van der Waals surface area contributed by atoms with Crippen molar-refractivity contribution in [2.45, 2.75) is 128 Å². The van der Waals surface area contributed by atoms with Crippen LogP contribution in [0, 0.1) is 5.92 Å². The summed E-state index contributed by atoms with van der Waals surface area (Å²) in [5, 5.41) is 10.4. The van der Waals surface area contributed by atoms with E-state index in [0.717, 1.165) is 14.7 Å². The fourth-order valence-electron chi connectivity index (χ4n) is 8.37. The van der Waals surface area contributed by atoms with Crippen LogP contribution in [-0.2, 0) is 52.7 Å². The Bertz CT molecular complexity index is 1810. The topological polar surface area (TPSA) is 300 Å². The molecule has 0 aliphatic carbocycles. The Kier molecular flexibility index (Phi) is 20.3. The van der Waals surface area contributed by atoms with Crippen LogP contribution in [-0.4, -0.2) is 217 Å². The molecule has 3 saturated heterocycles. The molecule has 0 bridgehead atoms. The Morgan fingerprint density at radius 2 is 0.924 bits per heavy atom. The van der Waals surface area contributed by atoms with Crippen molar-refractivity contribution in [1.29, 1.82) is 0 Å². The predicted molar refractivity (Wildman–Crippen MR) is 240 cm³/mol. The molecule has 0 saturated carbocycles. The summed E-state index contributed by atoms with van der Waals surface area (Å²) < 4.78 is 6.08. The van der Waals surface area contributed by atoms with E-state index in [1.807, 2.05) is 0 Å². The van der Waals surface area contributed by atoms with Crippen LogP contribution < -0.4 is 32.7 Å². The molecule has 3 fully saturated rings. The van der Waals surface area contributed by atoms with Gasteiger partial charge in [0, 0.05) is 54.4 Å². The summed E-state index contributed by atoms with van der Waals surface area (Å²) in [7, 11) is 5.50. The zero-order chi connectivity index (χ0) is 49.8. The molecule has 3 rings (SSSR count). The lowest BCUT2D eigenvalue weighted by Gasteiger charge is -2.37. The average Bonchev–Trinajstić information content (AvgIpc) is 3.26. The van der Waals surface area contributed by atoms with Gasteiger partial charge in [-0.2, -0.15) is 0 Å². The highest BCUT2D eigenvalue weighted by molar-refractivity contribution is 5.96. The molecule has 0 aromatic carbocycles. The number of ether oxygens (including phenoxy) is 1. The number of fused-ring (bicyclic) bond motifs is 2.